The van der Waals surface area contributed by atoms with Crippen LogP contribution < -0.4 is 0 Å². The Bertz CT molecular complexity index is 688. The van der Waals surface area contributed by atoms with Gasteiger partial charge in [0.15, 0.2) is 0 Å². The maximum Gasteiger partial charge on any atom is 0.338 e. The number of halogens is 1. The molecule has 0 aromatic heterocycles. The van der Waals surface area contributed by atoms with Crippen LogP contribution in [0.3, 0.4) is 0 Å². The van der Waals surface area contributed by atoms with Crippen molar-refractivity contribution >= 4 is 28.9 Å². The van der Waals surface area contributed by atoms with Crippen LogP contribution in [0.15, 0.2) is 60.2 Å². The van der Waals surface area contributed by atoms with Gasteiger partial charge in [-0.3, -0.25) is 4.79 Å². The van der Waals surface area contributed by atoms with Crippen molar-refractivity contribution in [3.05, 3.63) is 76.9 Å². The van der Waals surface area contributed by atoms with Crippen LogP contribution in [0, 0.1) is 0 Å². The van der Waals surface area contributed by atoms with Crippen LogP contribution in [0.4, 0.5) is 0 Å². The highest BCUT2D eigenvalue weighted by atomic mass is 35.5. The zero-order chi connectivity index (χ0) is 15.9. The molecule has 0 heterocycles. The van der Waals surface area contributed by atoms with Crippen molar-refractivity contribution in [2.75, 3.05) is 0 Å². The van der Waals surface area contributed by atoms with Crippen LogP contribution in [0.25, 0.3) is 6.08 Å². The average Bonchev–Trinajstić information content (AvgIpc) is 2.54. The fraction of sp³-hybridized carbons (Fsp3) is 0.111. The Kier molecular flexibility index (Phi) is 5.50. The summed E-state index contributed by atoms with van der Waals surface area (Å²) in [7, 11) is 0. The van der Waals surface area contributed by atoms with E-state index in [9.17, 15) is 9.59 Å². The first-order chi connectivity index (χ1) is 10.6. The first-order valence-electron chi connectivity index (χ1n) is 6.75. The summed E-state index contributed by atoms with van der Waals surface area (Å²) < 4.78 is 5.24. The van der Waals surface area contributed by atoms with Crippen molar-refractivity contribution in [3.8, 4) is 0 Å². The van der Waals surface area contributed by atoms with Crippen molar-refractivity contribution < 1.29 is 14.3 Å². The summed E-state index contributed by atoms with van der Waals surface area (Å²) in [5, 5.41) is -0.494. The number of esters is 1. The lowest BCUT2D eigenvalue weighted by atomic mass is 10.1. The topological polar surface area (TPSA) is 43.4 Å². The standard InChI is InChI=1S/C18H15ClO3/c1-13(17(19)20)11-14-7-9-16(10-8-14)18(21)22-12-15-5-3-2-4-6-15/h2-11H,12H2,1H3/b13-11+. The van der Waals surface area contributed by atoms with Crippen LogP contribution in [0.5, 0.6) is 0 Å². The van der Waals surface area contributed by atoms with E-state index in [0.29, 0.717) is 11.1 Å². The van der Waals surface area contributed by atoms with Gasteiger partial charge in [0.25, 0.3) is 0 Å². The number of allylic oxidation sites excluding steroid dienone is 1. The molecule has 0 aliphatic rings. The van der Waals surface area contributed by atoms with Crippen LogP contribution in [0.2, 0.25) is 0 Å². The summed E-state index contributed by atoms with van der Waals surface area (Å²) in [6, 6.07) is 16.3. The van der Waals surface area contributed by atoms with Gasteiger partial charge in [-0.15, -0.1) is 0 Å². The molecule has 22 heavy (non-hydrogen) atoms. The molecular weight excluding hydrogens is 300 g/mol. The van der Waals surface area contributed by atoms with Crippen molar-refractivity contribution in [1.82, 2.24) is 0 Å². The minimum Gasteiger partial charge on any atom is -0.457 e. The van der Waals surface area contributed by atoms with E-state index < -0.39 is 5.24 Å². The Morgan fingerprint density at radius 2 is 1.68 bits per heavy atom. The van der Waals surface area contributed by atoms with Crippen LogP contribution in [-0.4, -0.2) is 11.2 Å². The molecule has 0 atom stereocenters. The normalized spacial score (nSPS) is 11.1. The van der Waals surface area contributed by atoms with E-state index in [2.05, 4.69) is 0 Å². The molecule has 0 aliphatic heterocycles. The maximum absolute atomic E-state index is 11.9. The average molecular weight is 315 g/mol. The Balaban J connectivity index is 1.99. The van der Waals surface area contributed by atoms with E-state index in [1.54, 1.807) is 37.3 Å². The molecule has 0 amide bonds. The van der Waals surface area contributed by atoms with Crippen LogP contribution >= 0.6 is 11.6 Å². The maximum atomic E-state index is 11.9. The van der Waals surface area contributed by atoms with Gasteiger partial charge in [0.1, 0.15) is 6.61 Å². The lowest BCUT2D eigenvalue weighted by Crippen LogP contribution is -2.05. The summed E-state index contributed by atoms with van der Waals surface area (Å²) in [6.45, 7) is 1.87. The Labute approximate surface area is 134 Å². The van der Waals surface area contributed by atoms with Gasteiger partial charge in [-0.1, -0.05) is 42.5 Å². The molecule has 2 aromatic carbocycles. The van der Waals surface area contributed by atoms with Crippen molar-refractivity contribution in [3.63, 3.8) is 0 Å². The number of hydrogen-bond acceptors (Lipinski definition) is 3. The molecule has 0 unspecified atom stereocenters. The van der Waals surface area contributed by atoms with Crippen LogP contribution in [0.1, 0.15) is 28.4 Å². The molecule has 4 heteroatoms. The predicted octanol–water partition coefficient (Wildman–Crippen LogP) is 4.21. The monoisotopic (exact) mass is 314 g/mol. The number of carbonyl (C=O) groups is 2. The highest BCUT2D eigenvalue weighted by molar-refractivity contribution is 6.68. The van der Waals surface area contributed by atoms with E-state index in [4.69, 9.17) is 16.3 Å². The van der Waals surface area contributed by atoms with Gasteiger partial charge >= 0.3 is 5.97 Å². The molecule has 2 aromatic rings. The zero-order valence-corrected chi connectivity index (χ0v) is 12.8. The van der Waals surface area contributed by atoms with E-state index in [-0.39, 0.29) is 12.6 Å². The van der Waals surface area contributed by atoms with E-state index in [1.807, 2.05) is 30.3 Å². The summed E-state index contributed by atoms with van der Waals surface area (Å²) in [5.41, 5.74) is 2.64. The van der Waals surface area contributed by atoms with E-state index in [1.165, 1.54) is 0 Å². The summed E-state index contributed by atoms with van der Waals surface area (Å²) in [4.78, 5) is 22.9. The molecule has 2 rings (SSSR count). The SMILES string of the molecule is C/C(=C\c1ccc(C(=O)OCc2ccccc2)cc1)C(=O)Cl. The largest absolute Gasteiger partial charge is 0.457 e. The second kappa shape index (κ2) is 7.57. The van der Waals surface area contributed by atoms with Gasteiger partial charge in [0.2, 0.25) is 5.24 Å². The number of benzene rings is 2. The van der Waals surface area contributed by atoms with Gasteiger partial charge < -0.3 is 4.74 Å². The molecule has 3 nitrogen and oxygen atoms in total. The lowest BCUT2D eigenvalue weighted by Gasteiger charge is -2.05. The number of hydrogen-bond donors (Lipinski definition) is 0. The second-order valence-corrected chi connectivity index (χ2v) is 5.13. The third-order valence-corrected chi connectivity index (χ3v) is 3.35. The molecule has 0 fully saturated rings. The fourth-order valence-electron chi connectivity index (χ4n) is 1.83. The molecule has 0 radical (unpaired) electrons. The van der Waals surface area contributed by atoms with E-state index >= 15 is 0 Å². The lowest BCUT2D eigenvalue weighted by molar-refractivity contribution is -0.108. The second-order valence-electron chi connectivity index (χ2n) is 4.78. The quantitative estimate of drug-likeness (QED) is 0.471. The zero-order valence-electron chi connectivity index (χ0n) is 12.1. The van der Waals surface area contributed by atoms with Gasteiger partial charge in [-0.05, 0) is 47.9 Å². The van der Waals surface area contributed by atoms with Gasteiger partial charge in [0, 0.05) is 5.57 Å². The molecule has 0 N–H and O–H groups in total. The van der Waals surface area contributed by atoms with Gasteiger partial charge in [-0.25, -0.2) is 4.79 Å². The third-order valence-electron chi connectivity index (χ3n) is 3.05. The first kappa shape index (κ1) is 16.0. The van der Waals surface area contributed by atoms with Crippen molar-refractivity contribution in [2.45, 2.75) is 13.5 Å². The highest BCUT2D eigenvalue weighted by Gasteiger charge is 2.07. The molecular formula is C18H15ClO3. The molecule has 0 bridgehead atoms. The number of rotatable bonds is 5. The fourth-order valence-corrected chi connectivity index (χ4v) is 1.88. The van der Waals surface area contributed by atoms with E-state index in [0.717, 1.165) is 11.1 Å². The van der Waals surface area contributed by atoms with Crippen LogP contribution in [-0.2, 0) is 16.1 Å². The molecule has 0 saturated carbocycles. The molecule has 0 aliphatic carbocycles. The number of ether oxygens (including phenoxy) is 1. The summed E-state index contributed by atoms with van der Waals surface area (Å²) in [5.74, 6) is -0.385. The highest BCUT2D eigenvalue weighted by Crippen LogP contribution is 2.12. The Morgan fingerprint density at radius 3 is 2.27 bits per heavy atom. The Hall–Kier alpha value is -2.39. The van der Waals surface area contributed by atoms with Crippen molar-refractivity contribution in [1.29, 1.82) is 0 Å². The minimum absolute atomic E-state index is 0.237. The van der Waals surface area contributed by atoms with Gasteiger partial charge in [0.05, 0.1) is 5.56 Å². The minimum atomic E-state index is -0.494. The molecule has 0 saturated heterocycles. The van der Waals surface area contributed by atoms with Gasteiger partial charge in [-0.2, -0.15) is 0 Å². The molecule has 0 spiro atoms. The predicted molar refractivity (Wildman–Crippen MR) is 86.5 cm³/mol. The van der Waals surface area contributed by atoms with Crippen molar-refractivity contribution in [2.24, 2.45) is 0 Å². The molecule has 112 valence electrons. The Morgan fingerprint density at radius 1 is 1.05 bits per heavy atom. The first-order valence-corrected chi connectivity index (χ1v) is 7.13. The smallest absolute Gasteiger partial charge is 0.338 e. The summed E-state index contributed by atoms with van der Waals surface area (Å²) >= 11 is 5.38. The summed E-state index contributed by atoms with van der Waals surface area (Å²) in [6.07, 6.45) is 1.66. The number of carbonyl (C=O) groups excluding carboxylic acids is 2. The third kappa shape index (κ3) is 4.57.